The summed E-state index contributed by atoms with van der Waals surface area (Å²) in [5.74, 6) is -11.5. The van der Waals surface area contributed by atoms with Crippen LogP contribution in [-0.4, -0.2) is 86.9 Å². The number of fused-ring (bicyclic) bond motifs is 1. The lowest BCUT2D eigenvalue weighted by atomic mass is 9.98. The largest absolute Gasteiger partial charge is 0.481 e. The molecule has 0 bridgehead atoms. The quantitative estimate of drug-likeness (QED) is 0.105. The highest BCUT2D eigenvalue weighted by molar-refractivity contribution is 6.06. The maximum Gasteiger partial charge on any atom is 0.417 e. The summed E-state index contributed by atoms with van der Waals surface area (Å²) in [6.45, 7) is 3.71. The number of carbonyl (C=O) groups is 8. The van der Waals surface area contributed by atoms with Gasteiger partial charge in [0, 0.05) is 36.6 Å². The summed E-state index contributed by atoms with van der Waals surface area (Å²) in [6.07, 6.45) is -8.38. The number of halogens is 3. The number of hydrogen-bond acceptors (Lipinski definition) is 10. The summed E-state index contributed by atoms with van der Waals surface area (Å²) >= 11 is 0. The van der Waals surface area contributed by atoms with Gasteiger partial charge in [0.25, 0.3) is 5.91 Å². The van der Waals surface area contributed by atoms with Gasteiger partial charge in [0.1, 0.15) is 29.8 Å². The van der Waals surface area contributed by atoms with E-state index in [0.717, 1.165) is 25.1 Å². The molecule has 278 valence electrons. The number of amides is 5. The Balaban J connectivity index is 2.66. The molecule has 2 rings (SSSR count). The van der Waals surface area contributed by atoms with Crippen LogP contribution in [0.25, 0.3) is 11.0 Å². The van der Waals surface area contributed by atoms with E-state index in [9.17, 15) is 66.5 Å². The number of aliphatic carboxylic acids is 3. The molecule has 8 N–H and O–H groups in total. The molecule has 0 saturated heterocycles. The third-order valence-corrected chi connectivity index (χ3v) is 7.12. The summed E-state index contributed by atoms with van der Waals surface area (Å²) in [5, 5.41) is 34.2. The number of nitrogens with one attached hydrogen (secondary N) is 3. The molecular weight excluding hydrogens is 695 g/mol. The van der Waals surface area contributed by atoms with Gasteiger partial charge in [-0.2, -0.15) is 13.2 Å². The minimum absolute atomic E-state index is 0.183. The van der Waals surface area contributed by atoms with E-state index in [0.29, 0.717) is 4.90 Å². The predicted octanol–water partition coefficient (Wildman–Crippen LogP) is -0.0568. The summed E-state index contributed by atoms with van der Waals surface area (Å²) in [7, 11) is 0. The third kappa shape index (κ3) is 11.5. The Morgan fingerprint density at radius 2 is 1.49 bits per heavy atom. The molecule has 0 aliphatic carbocycles. The average molecular weight is 730 g/mol. The van der Waals surface area contributed by atoms with Crippen molar-refractivity contribution in [3.8, 4) is 0 Å². The number of primary amides is 1. The first kappa shape index (κ1) is 41.2. The second-order valence-corrected chi connectivity index (χ2v) is 11.5. The van der Waals surface area contributed by atoms with Crippen molar-refractivity contribution in [1.29, 1.82) is 0 Å². The summed E-state index contributed by atoms with van der Waals surface area (Å²) < 4.78 is 45.9. The summed E-state index contributed by atoms with van der Waals surface area (Å²) in [6, 6.07) is -4.82. The highest BCUT2D eigenvalue weighted by Gasteiger charge is 2.40. The number of rotatable bonds is 17. The van der Waals surface area contributed by atoms with E-state index in [1.54, 1.807) is 0 Å². The average Bonchev–Trinajstić information content (AvgIpc) is 2.98. The number of carbonyl (C=O) groups excluding carboxylic acids is 5. The Labute approximate surface area is 285 Å². The number of nitrogens with two attached hydrogens (primary N) is 1. The Bertz CT molecular complexity index is 1760. The van der Waals surface area contributed by atoms with E-state index in [2.05, 4.69) is 16.0 Å². The second kappa shape index (κ2) is 17.1. The summed E-state index contributed by atoms with van der Waals surface area (Å²) in [5.41, 5.74) is 1.14. The van der Waals surface area contributed by atoms with Crippen molar-refractivity contribution in [3.05, 3.63) is 40.2 Å². The fraction of sp³-hybridized carbons (Fsp3) is 0.433. The Hall–Kier alpha value is -6.02. The normalized spacial score (nSPS) is 13.7. The van der Waals surface area contributed by atoms with E-state index >= 15 is 0 Å². The number of hydrogen-bond donors (Lipinski definition) is 7. The topological polar surface area (TPSA) is 293 Å². The lowest BCUT2D eigenvalue weighted by Gasteiger charge is -2.34. The van der Waals surface area contributed by atoms with Crippen molar-refractivity contribution in [1.82, 2.24) is 16.0 Å². The van der Waals surface area contributed by atoms with Crippen LogP contribution in [0.3, 0.4) is 0 Å². The van der Waals surface area contributed by atoms with Crippen LogP contribution in [0.2, 0.25) is 0 Å². The van der Waals surface area contributed by atoms with E-state index in [4.69, 9.17) is 15.3 Å². The minimum atomic E-state index is -5.03. The monoisotopic (exact) mass is 729 g/mol. The predicted molar refractivity (Wildman–Crippen MR) is 166 cm³/mol. The Morgan fingerprint density at radius 1 is 0.882 bits per heavy atom. The van der Waals surface area contributed by atoms with Gasteiger partial charge >= 0.3 is 29.7 Å². The lowest BCUT2D eigenvalue weighted by Crippen LogP contribution is -2.60. The maximum absolute atomic E-state index is 14.2. The molecule has 2 aromatic rings. The van der Waals surface area contributed by atoms with Crippen LogP contribution < -0.4 is 32.2 Å². The molecule has 1 aromatic heterocycles. The number of alkyl halides is 3. The highest BCUT2D eigenvalue weighted by atomic mass is 19.4. The van der Waals surface area contributed by atoms with Gasteiger partial charge in [-0.05, 0) is 24.5 Å². The van der Waals surface area contributed by atoms with Crippen LogP contribution in [0.1, 0.15) is 52.0 Å². The first-order valence-corrected chi connectivity index (χ1v) is 14.8. The van der Waals surface area contributed by atoms with E-state index in [1.807, 2.05) is 0 Å². The third-order valence-electron chi connectivity index (χ3n) is 7.12. The molecule has 4 atom stereocenters. The van der Waals surface area contributed by atoms with Crippen molar-refractivity contribution in [2.45, 2.75) is 76.8 Å². The minimum Gasteiger partial charge on any atom is -0.481 e. The molecule has 0 aliphatic rings. The van der Waals surface area contributed by atoms with Crippen LogP contribution in [0.15, 0.2) is 33.5 Å². The van der Waals surface area contributed by atoms with Gasteiger partial charge < -0.3 is 41.4 Å². The van der Waals surface area contributed by atoms with Gasteiger partial charge in [0.05, 0.1) is 18.4 Å². The zero-order valence-corrected chi connectivity index (χ0v) is 27.1. The van der Waals surface area contributed by atoms with E-state index in [1.165, 1.54) is 13.8 Å². The maximum atomic E-state index is 14.2. The van der Waals surface area contributed by atoms with Gasteiger partial charge in [0.2, 0.25) is 23.6 Å². The van der Waals surface area contributed by atoms with Crippen molar-refractivity contribution in [3.63, 3.8) is 0 Å². The zero-order valence-electron chi connectivity index (χ0n) is 27.1. The van der Waals surface area contributed by atoms with Gasteiger partial charge in [-0.25, -0.2) is 9.59 Å². The number of carboxylic acid groups (broad SMARTS) is 3. The van der Waals surface area contributed by atoms with Crippen LogP contribution in [0, 0.1) is 5.92 Å². The molecule has 0 spiro atoms. The molecule has 0 unspecified atom stereocenters. The molecule has 0 saturated carbocycles. The molecule has 1 aromatic carbocycles. The Morgan fingerprint density at radius 3 is 1.98 bits per heavy atom. The molecular formula is C30H34F3N5O13. The smallest absolute Gasteiger partial charge is 0.417 e. The Kier molecular flexibility index (Phi) is 13.8. The molecule has 5 amide bonds. The van der Waals surface area contributed by atoms with Crippen molar-refractivity contribution in [2.24, 2.45) is 11.7 Å². The standard InChI is InChI=1S/C30H34F3N5O13/c1-12(2)25(37-26(46)17(6-7-22(41)42)36-27(47)18(10-23(43)44)35-13(3)39)28(48)38(19(29(49)50)11-21(34)40)14-4-5-15-16(30(31,32)33)9-24(45)51-20(15)8-14/h4-5,8-9,12,17-19,25H,6-7,10-11H2,1-3H3,(H2,34,40)(H,35,39)(H,36,47)(H,37,46)(H,41,42)(H,43,44)(H,49,50)/t17-,18-,19-,25-/m0/s1. The fourth-order valence-electron chi connectivity index (χ4n) is 4.83. The molecule has 0 aliphatic heterocycles. The van der Waals surface area contributed by atoms with Crippen LogP contribution in [0.5, 0.6) is 0 Å². The van der Waals surface area contributed by atoms with E-state index in [-0.39, 0.29) is 6.07 Å². The molecule has 51 heavy (non-hydrogen) atoms. The SMILES string of the molecule is CC(=O)N[C@@H](CC(=O)O)C(=O)N[C@@H](CCC(=O)O)C(=O)N[C@H](C(=O)N(c1ccc2c(C(F)(F)F)cc(=O)oc2c1)[C@@H](CC(N)=O)C(=O)O)C(C)C. The number of benzene rings is 1. The first-order valence-electron chi connectivity index (χ1n) is 14.8. The van der Waals surface area contributed by atoms with Gasteiger partial charge in [0.15, 0.2) is 0 Å². The highest BCUT2D eigenvalue weighted by Crippen LogP contribution is 2.35. The molecule has 18 nitrogen and oxygen atoms in total. The lowest BCUT2D eigenvalue weighted by molar-refractivity contribution is -0.142. The van der Waals surface area contributed by atoms with E-state index < -0.39 is 137 Å². The fourth-order valence-corrected chi connectivity index (χ4v) is 4.83. The van der Waals surface area contributed by atoms with Crippen molar-refractivity contribution in [2.75, 3.05) is 4.90 Å². The van der Waals surface area contributed by atoms with Gasteiger partial charge in [-0.15, -0.1) is 0 Å². The van der Waals surface area contributed by atoms with Crippen LogP contribution in [0.4, 0.5) is 18.9 Å². The molecule has 0 fully saturated rings. The molecule has 1 heterocycles. The first-order chi connectivity index (χ1) is 23.5. The van der Waals surface area contributed by atoms with Gasteiger partial charge in [-0.3, -0.25) is 38.5 Å². The second-order valence-electron chi connectivity index (χ2n) is 11.5. The number of anilines is 1. The zero-order chi connectivity index (χ0) is 39.0. The number of carboxylic acids is 3. The summed E-state index contributed by atoms with van der Waals surface area (Å²) in [4.78, 5) is 111. The molecule has 0 radical (unpaired) electrons. The van der Waals surface area contributed by atoms with Crippen LogP contribution in [-0.2, 0) is 44.5 Å². The molecule has 21 heteroatoms. The van der Waals surface area contributed by atoms with Crippen molar-refractivity contribution < 1.29 is 71.3 Å². The van der Waals surface area contributed by atoms with Crippen molar-refractivity contribution >= 4 is 64.1 Å². The van der Waals surface area contributed by atoms with Crippen LogP contribution >= 0.6 is 0 Å². The van der Waals surface area contributed by atoms with Gasteiger partial charge in [-0.1, -0.05) is 13.8 Å². The number of nitrogens with zero attached hydrogens (tertiary/aromatic N) is 1.